The summed E-state index contributed by atoms with van der Waals surface area (Å²) in [6, 6.07) is 12.6. The summed E-state index contributed by atoms with van der Waals surface area (Å²) in [5, 5.41) is 6.43. The molecule has 0 heterocycles. The summed E-state index contributed by atoms with van der Waals surface area (Å²) < 4.78 is 0. The molecule has 0 unspecified atom stereocenters. The van der Waals surface area contributed by atoms with E-state index in [0.29, 0.717) is 0 Å². The van der Waals surface area contributed by atoms with E-state index < -0.39 is 0 Å². The molecule has 0 aliphatic rings. The van der Waals surface area contributed by atoms with Gasteiger partial charge in [-0.2, -0.15) is 0 Å². The van der Waals surface area contributed by atoms with Crippen molar-refractivity contribution < 1.29 is 0 Å². The molecular weight excluding hydrogens is 296 g/mol. The van der Waals surface area contributed by atoms with E-state index in [0.717, 1.165) is 45.3 Å². The van der Waals surface area contributed by atoms with E-state index in [1.54, 1.807) is 0 Å². The van der Waals surface area contributed by atoms with Crippen molar-refractivity contribution >= 4 is 34.2 Å². The van der Waals surface area contributed by atoms with Gasteiger partial charge in [0.1, 0.15) is 0 Å². The van der Waals surface area contributed by atoms with Crippen molar-refractivity contribution in [1.29, 1.82) is 0 Å². The normalized spacial score (nSPS) is 10.1. The van der Waals surface area contributed by atoms with Crippen LogP contribution in [0.5, 0.6) is 0 Å². The van der Waals surface area contributed by atoms with Gasteiger partial charge in [0.05, 0.1) is 22.7 Å². The Labute approximate surface area is 144 Å². The number of anilines is 2. The van der Waals surface area contributed by atoms with Gasteiger partial charge < -0.3 is 10.6 Å². The van der Waals surface area contributed by atoms with Crippen molar-refractivity contribution in [2.75, 3.05) is 24.7 Å². The molecule has 0 fully saturated rings. The maximum Gasteiger partial charge on any atom is 0.0866 e. The van der Waals surface area contributed by atoms with Crippen molar-refractivity contribution in [3.05, 3.63) is 36.4 Å². The van der Waals surface area contributed by atoms with E-state index in [2.05, 4.69) is 51.0 Å². The van der Waals surface area contributed by atoms with Gasteiger partial charge in [-0.3, -0.25) is 9.98 Å². The number of rotatable bonds is 5. The zero-order valence-corrected chi connectivity index (χ0v) is 15.4. The highest BCUT2D eigenvalue weighted by Crippen LogP contribution is 2.35. The molecule has 0 aliphatic carbocycles. The quantitative estimate of drug-likeness (QED) is 0.698. The third kappa shape index (κ3) is 4.22. The first-order valence-corrected chi connectivity index (χ1v) is 8.12. The van der Waals surface area contributed by atoms with Crippen LogP contribution in [0.15, 0.2) is 46.4 Å². The lowest BCUT2D eigenvalue weighted by molar-refractivity contribution is 1.41. The molecule has 0 radical (unpaired) electrons. The monoisotopic (exact) mass is 322 g/mol. The van der Waals surface area contributed by atoms with E-state index in [1.165, 1.54) is 0 Å². The second-order valence-corrected chi connectivity index (χ2v) is 6.08. The van der Waals surface area contributed by atoms with Gasteiger partial charge >= 0.3 is 0 Å². The highest BCUT2D eigenvalue weighted by molar-refractivity contribution is 5.88. The third-order valence-electron chi connectivity index (χ3n) is 3.55. The molecule has 4 nitrogen and oxygen atoms in total. The lowest BCUT2D eigenvalue weighted by Crippen LogP contribution is -1.92. The second kappa shape index (κ2) is 7.77. The summed E-state index contributed by atoms with van der Waals surface area (Å²) in [6.07, 6.45) is 0. The van der Waals surface area contributed by atoms with Crippen LogP contribution >= 0.6 is 0 Å². The minimum atomic E-state index is 0.951. The zero-order chi connectivity index (χ0) is 17.7. The van der Waals surface area contributed by atoms with Crippen molar-refractivity contribution in [2.24, 2.45) is 9.98 Å². The van der Waals surface area contributed by atoms with Gasteiger partial charge in [-0.15, -0.1) is 0 Å². The van der Waals surface area contributed by atoms with Crippen molar-refractivity contribution in [3.63, 3.8) is 0 Å². The number of aliphatic imine (C=N–C) groups is 2. The van der Waals surface area contributed by atoms with Crippen LogP contribution in [-0.4, -0.2) is 25.5 Å². The predicted molar refractivity (Wildman–Crippen MR) is 108 cm³/mol. The lowest BCUT2D eigenvalue weighted by atomic mass is 10.0. The topological polar surface area (TPSA) is 48.8 Å². The second-order valence-electron chi connectivity index (χ2n) is 6.08. The van der Waals surface area contributed by atoms with Crippen LogP contribution in [0.3, 0.4) is 0 Å². The van der Waals surface area contributed by atoms with Crippen LogP contribution in [0.25, 0.3) is 11.1 Å². The number of hydrogen-bond acceptors (Lipinski definition) is 4. The molecule has 2 aromatic rings. The maximum absolute atomic E-state index is 4.63. The first kappa shape index (κ1) is 17.7. The van der Waals surface area contributed by atoms with Crippen molar-refractivity contribution in [3.8, 4) is 11.1 Å². The fourth-order valence-corrected chi connectivity index (χ4v) is 2.51. The summed E-state index contributed by atoms with van der Waals surface area (Å²) in [6.45, 7) is 8.01. The van der Waals surface area contributed by atoms with E-state index in [4.69, 9.17) is 0 Å². The van der Waals surface area contributed by atoms with Crippen LogP contribution in [0.4, 0.5) is 22.7 Å². The van der Waals surface area contributed by atoms with Gasteiger partial charge in [0.15, 0.2) is 0 Å². The molecule has 2 N–H and O–H groups in total. The fourth-order valence-electron chi connectivity index (χ4n) is 2.51. The molecule has 0 saturated carbocycles. The number of nitrogens with one attached hydrogen (secondary N) is 2. The summed E-state index contributed by atoms with van der Waals surface area (Å²) in [5.74, 6) is 0. The number of benzene rings is 2. The molecule has 0 saturated heterocycles. The van der Waals surface area contributed by atoms with Crippen molar-refractivity contribution in [1.82, 2.24) is 0 Å². The van der Waals surface area contributed by atoms with Crippen LogP contribution in [-0.2, 0) is 0 Å². The fraction of sp³-hybridized carbons (Fsp3) is 0.300. The molecule has 0 aromatic heterocycles. The largest absolute Gasteiger partial charge is 0.386 e. The van der Waals surface area contributed by atoms with E-state index in [1.807, 2.05) is 47.9 Å². The molecule has 2 aromatic carbocycles. The Morgan fingerprint density at radius 1 is 0.667 bits per heavy atom. The zero-order valence-electron chi connectivity index (χ0n) is 15.4. The Hall–Kier alpha value is -2.62. The molecule has 0 atom stereocenters. The molecule has 0 amide bonds. The Morgan fingerprint density at radius 3 is 1.79 bits per heavy atom. The minimum absolute atomic E-state index is 0.951. The molecule has 4 heteroatoms. The maximum atomic E-state index is 4.63. The average molecular weight is 322 g/mol. The van der Waals surface area contributed by atoms with Gasteiger partial charge in [-0.1, -0.05) is 12.1 Å². The van der Waals surface area contributed by atoms with Crippen LogP contribution < -0.4 is 10.6 Å². The molecule has 0 aliphatic heterocycles. The molecule has 126 valence electrons. The van der Waals surface area contributed by atoms with Gasteiger partial charge in [-0.25, -0.2) is 0 Å². The Balaban J connectivity index is 2.52. The SMILES string of the molecule is CNc1ccc(-c2ccc(N=C(C)C)c(NC)c2)cc1N=C(C)C. The summed E-state index contributed by atoms with van der Waals surface area (Å²) in [4.78, 5) is 9.20. The van der Waals surface area contributed by atoms with Crippen molar-refractivity contribution in [2.45, 2.75) is 27.7 Å². The van der Waals surface area contributed by atoms with E-state index in [9.17, 15) is 0 Å². The van der Waals surface area contributed by atoms with Gasteiger partial charge in [0, 0.05) is 25.5 Å². The molecule has 24 heavy (non-hydrogen) atoms. The number of nitrogens with zero attached hydrogens (tertiary/aromatic N) is 2. The molecular formula is C20H26N4. The van der Waals surface area contributed by atoms with E-state index >= 15 is 0 Å². The third-order valence-corrected chi connectivity index (χ3v) is 3.55. The molecule has 2 rings (SSSR count). The van der Waals surface area contributed by atoms with Crippen LogP contribution in [0, 0.1) is 0 Å². The Kier molecular flexibility index (Phi) is 5.74. The summed E-state index contributed by atoms with van der Waals surface area (Å²) in [7, 11) is 3.83. The van der Waals surface area contributed by atoms with Gasteiger partial charge in [0.2, 0.25) is 0 Å². The van der Waals surface area contributed by atoms with E-state index in [-0.39, 0.29) is 0 Å². The minimum Gasteiger partial charge on any atom is -0.386 e. The van der Waals surface area contributed by atoms with Crippen LogP contribution in [0.1, 0.15) is 27.7 Å². The first-order chi connectivity index (χ1) is 11.4. The number of hydrogen-bond donors (Lipinski definition) is 2. The summed E-state index contributed by atoms with van der Waals surface area (Å²) >= 11 is 0. The highest BCUT2D eigenvalue weighted by atomic mass is 14.9. The smallest absolute Gasteiger partial charge is 0.0866 e. The predicted octanol–water partition coefficient (Wildman–Crippen LogP) is 5.66. The average Bonchev–Trinajstić information content (AvgIpc) is 2.54. The Bertz CT molecular complexity index is 780. The Morgan fingerprint density at radius 2 is 1.21 bits per heavy atom. The highest BCUT2D eigenvalue weighted by Gasteiger charge is 2.07. The molecule has 0 bridgehead atoms. The molecule has 0 spiro atoms. The van der Waals surface area contributed by atoms with Gasteiger partial charge in [0.25, 0.3) is 0 Å². The standard InChI is InChI=1S/C20H26N4/c1-13(2)23-18-10-8-15(11-19(18)22-6)16-7-9-17(21-5)20(12-16)24-14(3)4/h7-12,21-22H,1-6H3. The van der Waals surface area contributed by atoms with Gasteiger partial charge in [-0.05, 0) is 63.1 Å². The lowest BCUT2D eigenvalue weighted by Gasteiger charge is -2.12. The summed E-state index contributed by atoms with van der Waals surface area (Å²) in [5.41, 5.74) is 8.28. The van der Waals surface area contributed by atoms with Crippen LogP contribution in [0.2, 0.25) is 0 Å². The first-order valence-electron chi connectivity index (χ1n) is 8.12.